The molecule has 0 saturated heterocycles. The van der Waals surface area contributed by atoms with Crippen molar-refractivity contribution in [3.05, 3.63) is 36.0 Å². The lowest BCUT2D eigenvalue weighted by Crippen LogP contribution is -2.56. The number of carbonyl (C=O) groups is 5. The Hall–Kier alpha value is -3.93. The van der Waals surface area contributed by atoms with Crippen molar-refractivity contribution < 1.29 is 29.1 Å². The lowest BCUT2D eigenvalue weighted by molar-refractivity contribution is -0.138. The van der Waals surface area contributed by atoms with E-state index >= 15 is 0 Å². The number of primary amides is 1. The standard InChI is InChI=1S/C21H28N6O6/c1-11(22)19(31)27-16(8-12-9-24-14-5-3-2-4-13(12)14)21(33)26-15(6-7-17(23)28)20(32)25-10-18(29)30/h2-5,9,11,15-16,24H,6-8,10,22H2,1H3,(H2,23,28)(H,25,32)(H,26,33)(H,27,31)(H,29,30). The number of carboxylic acids is 1. The summed E-state index contributed by atoms with van der Waals surface area (Å²) in [6.45, 7) is 0.799. The van der Waals surface area contributed by atoms with Crippen molar-refractivity contribution in [2.45, 2.75) is 44.3 Å². The van der Waals surface area contributed by atoms with E-state index in [1.54, 1.807) is 6.20 Å². The number of rotatable bonds is 12. The van der Waals surface area contributed by atoms with Gasteiger partial charge >= 0.3 is 5.97 Å². The van der Waals surface area contributed by atoms with Crippen LogP contribution in [0.15, 0.2) is 30.5 Å². The average molecular weight is 460 g/mol. The predicted octanol–water partition coefficient (Wildman–Crippen LogP) is -1.51. The van der Waals surface area contributed by atoms with E-state index < -0.39 is 54.3 Å². The molecule has 33 heavy (non-hydrogen) atoms. The SMILES string of the molecule is CC(N)C(=O)NC(Cc1c[nH]c2ccccc12)C(=O)NC(CCC(N)=O)C(=O)NCC(=O)O. The Balaban J connectivity index is 2.23. The summed E-state index contributed by atoms with van der Waals surface area (Å²) in [5.41, 5.74) is 12.4. The summed E-state index contributed by atoms with van der Waals surface area (Å²) >= 11 is 0. The zero-order valence-electron chi connectivity index (χ0n) is 18.1. The van der Waals surface area contributed by atoms with Gasteiger partial charge in [-0.2, -0.15) is 0 Å². The molecule has 0 saturated carbocycles. The maximum Gasteiger partial charge on any atom is 0.322 e. The molecule has 0 fully saturated rings. The number of carboxylic acid groups (broad SMARTS) is 1. The van der Waals surface area contributed by atoms with E-state index in [0.717, 1.165) is 16.5 Å². The summed E-state index contributed by atoms with van der Waals surface area (Å²) in [5, 5.41) is 16.8. The number of hydrogen-bond acceptors (Lipinski definition) is 6. The quantitative estimate of drug-likeness (QED) is 0.199. The highest BCUT2D eigenvalue weighted by Gasteiger charge is 2.28. The molecular weight excluding hydrogens is 432 g/mol. The molecule has 1 aromatic heterocycles. The molecule has 3 atom stereocenters. The van der Waals surface area contributed by atoms with Crippen LogP contribution in [0.5, 0.6) is 0 Å². The summed E-state index contributed by atoms with van der Waals surface area (Å²) in [4.78, 5) is 62.7. The first-order chi connectivity index (χ1) is 15.6. The van der Waals surface area contributed by atoms with Gasteiger partial charge in [-0.25, -0.2) is 0 Å². The number of aromatic amines is 1. The molecule has 178 valence electrons. The Labute approximate surface area is 189 Å². The average Bonchev–Trinajstić information content (AvgIpc) is 3.16. The Kier molecular flexibility index (Phi) is 8.92. The molecule has 2 aromatic rings. The van der Waals surface area contributed by atoms with Gasteiger partial charge in [0.15, 0.2) is 0 Å². The largest absolute Gasteiger partial charge is 0.480 e. The molecule has 3 unspecified atom stereocenters. The number of aliphatic carboxylic acids is 1. The monoisotopic (exact) mass is 460 g/mol. The lowest BCUT2D eigenvalue weighted by Gasteiger charge is -2.23. The fraction of sp³-hybridized carbons (Fsp3) is 0.381. The number of H-pyrrole nitrogens is 1. The molecule has 1 aromatic carbocycles. The molecule has 1 heterocycles. The van der Waals surface area contributed by atoms with Crippen LogP contribution < -0.4 is 27.4 Å². The molecule has 9 N–H and O–H groups in total. The van der Waals surface area contributed by atoms with Crippen molar-refractivity contribution in [3.63, 3.8) is 0 Å². The van der Waals surface area contributed by atoms with Crippen LogP contribution in [0.3, 0.4) is 0 Å². The highest BCUT2D eigenvalue weighted by molar-refractivity contribution is 5.94. The summed E-state index contributed by atoms with van der Waals surface area (Å²) < 4.78 is 0. The number of para-hydroxylation sites is 1. The van der Waals surface area contributed by atoms with Gasteiger partial charge in [-0.05, 0) is 25.0 Å². The van der Waals surface area contributed by atoms with E-state index in [2.05, 4.69) is 20.9 Å². The van der Waals surface area contributed by atoms with Crippen LogP contribution in [0.2, 0.25) is 0 Å². The van der Waals surface area contributed by atoms with Crippen molar-refractivity contribution in [1.82, 2.24) is 20.9 Å². The lowest BCUT2D eigenvalue weighted by atomic mass is 10.0. The highest BCUT2D eigenvalue weighted by atomic mass is 16.4. The van der Waals surface area contributed by atoms with Crippen LogP contribution in [0.25, 0.3) is 10.9 Å². The van der Waals surface area contributed by atoms with Crippen molar-refractivity contribution in [2.75, 3.05) is 6.54 Å². The first-order valence-corrected chi connectivity index (χ1v) is 10.3. The van der Waals surface area contributed by atoms with Crippen LogP contribution in [-0.2, 0) is 30.4 Å². The van der Waals surface area contributed by atoms with Crippen molar-refractivity contribution in [2.24, 2.45) is 11.5 Å². The van der Waals surface area contributed by atoms with Gasteiger partial charge in [-0.3, -0.25) is 24.0 Å². The van der Waals surface area contributed by atoms with Gasteiger partial charge in [-0.15, -0.1) is 0 Å². The van der Waals surface area contributed by atoms with Crippen molar-refractivity contribution in [3.8, 4) is 0 Å². The molecule has 0 radical (unpaired) electrons. The number of nitrogens with two attached hydrogens (primary N) is 2. The third-order valence-electron chi connectivity index (χ3n) is 4.87. The molecule has 0 aliphatic heterocycles. The van der Waals surface area contributed by atoms with Gasteiger partial charge < -0.3 is 37.5 Å². The predicted molar refractivity (Wildman–Crippen MR) is 119 cm³/mol. The second-order valence-electron chi connectivity index (χ2n) is 7.59. The molecule has 0 spiro atoms. The molecule has 12 heteroatoms. The number of carbonyl (C=O) groups excluding carboxylic acids is 4. The van der Waals surface area contributed by atoms with Crippen LogP contribution in [0, 0.1) is 0 Å². The van der Waals surface area contributed by atoms with E-state index in [0.29, 0.717) is 0 Å². The van der Waals surface area contributed by atoms with Crippen LogP contribution >= 0.6 is 0 Å². The second-order valence-corrected chi connectivity index (χ2v) is 7.59. The fourth-order valence-electron chi connectivity index (χ4n) is 3.15. The third kappa shape index (κ3) is 7.61. The maximum absolute atomic E-state index is 13.1. The normalized spacial score (nSPS) is 13.5. The zero-order valence-corrected chi connectivity index (χ0v) is 18.1. The van der Waals surface area contributed by atoms with Gasteiger partial charge in [0.2, 0.25) is 23.6 Å². The first-order valence-electron chi connectivity index (χ1n) is 10.3. The van der Waals surface area contributed by atoms with Crippen LogP contribution in [-0.4, -0.2) is 64.4 Å². The van der Waals surface area contributed by atoms with E-state index in [1.165, 1.54) is 6.92 Å². The molecule has 4 amide bonds. The smallest absolute Gasteiger partial charge is 0.322 e. The Morgan fingerprint density at radius 3 is 2.33 bits per heavy atom. The van der Waals surface area contributed by atoms with Gasteiger partial charge in [0.05, 0.1) is 6.04 Å². The van der Waals surface area contributed by atoms with Crippen molar-refractivity contribution >= 4 is 40.5 Å². The Morgan fingerprint density at radius 2 is 1.70 bits per heavy atom. The van der Waals surface area contributed by atoms with Gasteiger partial charge in [0.1, 0.15) is 18.6 Å². The zero-order chi connectivity index (χ0) is 24.5. The van der Waals surface area contributed by atoms with Crippen LogP contribution in [0.4, 0.5) is 0 Å². The number of amides is 4. The number of benzene rings is 1. The van der Waals surface area contributed by atoms with E-state index in [-0.39, 0.29) is 19.3 Å². The minimum absolute atomic E-state index is 0.0909. The topological polar surface area (TPSA) is 209 Å². The summed E-state index contributed by atoms with van der Waals surface area (Å²) in [7, 11) is 0. The number of aromatic nitrogens is 1. The van der Waals surface area contributed by atoms with E-state index in [1.807, 2.05) is 24.3 Å². The number of nitrogens with one attached hydrogen (secondary N) is 4. The molecular formula is C21H28N6O6. The Bertz CT molecular complexity index is 1030. The number of hydrogen-bond donors (Lipinski definition) is 7. The van der Waals surface area contributed by atoms with Gasteiger partial charge in [0, 0.05) is 29.9 Å². The molecule has 2 rings (SSSR count). The third-order valence-corrected chi connectivity index (χ3v) is 4.87. The first kappa shape index (κ1) is 25.3. The molecule has 0 bridgehead atoms. The summed E-state index contributed by atoms with van der Waals surface area (Å²) in [5.74, 6) is -4.03. The summed E-state index contributed by atoms with van der Waals surface area (Å²) in [6.07, 6.45) is 1.44. The van der Waals surface area contributed by atoms with Crippen molar-refractivity contribution in [1.29, 1.82) is 0 Å². The van der Waals surface area contributed by atoms with E-state index in [4.69, 9.17) is 16.6 Å². The maximum atomic E-state index is 13.1. The van der Waals surface area contributed by atoms with Gasteiger partial charge in [0.25, 0.3) is 0 Å². The van der Waals surface area contributed by atoms with Crippen LogP contribution in [0.1, 0.15) is 25.3 Å². The summed E-state index contributed by atoms with van der Waals surface area (Å²) in [6, 6.07) is 4.20. The number of fused-ring (bicyclic) bond motifs is 1. The molecule has 0 aliphatic rings. The minimum Gasteiger partial charge on any atom is -0.480 e. The molecule has 12 nitrogen and oxygen atoms in total. The second kappa shape index (κ2) is 11.6. The fourth-order valence-corrected chi connectivity index (χ4v) is 3.15. The Morgan fingerprint density at radius 1 is 1.03 bits per heavy atom. The van der Waals surface area contributed by atoms with Gasteiger partial charge in [-0.1, -0.05) is 18.2 Å². The molecule has 0 aliphatic carbocycles. The highest BCUT2D eigenvalue weighted by Crippen LogP contribution is 2.19. The van der Waals surface area contributed by atoms with E-state index in [9.17, 15) is 24.0 Å². The minimum atomic E-state index is -1.27.